The molecule has 0 aromatic carbocycles. The van der Waals surface area contributed by atoms with Crippen LogP contribution < -0.4 is 0 Å². The van der Waals surface area contributed by atoms with Gasteiger partial charge in [-0.1, -0.05) is 6.92 Å². The number of thiazole rings is 1. The van der Waals surface area contributed by atoms with E-state index in [9.17, 15) is 0 Å². The monoisotopic (exact) mass is 275 g/mol. The molecule has 17 heavy (non-hydrogen) atoms. The summed E-state index contributed by atoms with van der Waals surface area (Å²) in [5, 5.41) is 3.24. The average Bonchev–Trinajstić information content (AvgIpc) is 2.76. The zero-order valence-electron chi connectivity index (χ0n) is 11.1. The van der Waals surface area contributed by atoms with Gasteiger partial charge in [-0.15, -0.1) is 22.9 Å². The van der Waals surface area contributed by atoms with Crippen LogP contribution in [0.15, 0.2) is 5.38 Å². The number of nitrogens with zero attached hydrogens (tertiary/aromatic N) is 3. The maximum absolute atomic E-state index is 5.79. The van der Waals surface area contributed by atoms with Crippen molar-refractivity contribution in [1.82, 2.24) is 14.8 Å². The lowest BCUT2D eigenvalue weighted by Crippen LogP contribution is -2.31. The Balaban J connectivity index is 2.63. The molecule has 0 N–H and O–H groups in total. The maximum Gasteiger partial charge on any atom is 0.110 e. The molecule has 0 aliphatic carbocycles. The average molecular weight is 276 g/mol. The second kappa shape index (κ2) is 7.31. The van der Waals surface area contributed by atoms with Crippen LogP contribution in [0.2, 0.25) is 0 Å². The van der Waals surface area contributed by atoms with Crippen molar-refractivity contribution < 1.29 is 0 Å². The van der Waals surface area contributed by atoms with Crippen molar-refractivity contribution in [2.24, 2.45) is 0 Å². The van der Waals surface area contributed by atoms with Gasteiger partial charge >= 0.3 is 0 Å². The molecule has 1 heterocycles. The van der Waals surface area contributed by atoms with Gasteiger partial charge in [0.2, 0.25) is 0 Å². The van der Waals surface area contributed by atoms with E-state index in [4.69, 9.17) is 11.6 Å². The summed E-state index contributed by atoms with van der Waals surface area (Å²) in [7, 11) is 6.37. The Hall–Kier alpha value is -0.160. The Bertz CT molecular complexity index is 327. The Labute approximate surface area is 113 Å². The third-order valence-corrected chi connectivity index (χ3v) is 4.08. The summed E-state index contributed by atoms with van der Waals surface area (Å²) >= 11 is 7.51. The van der Waals surface area contributed by atoms with Crippen molar-refractivity contribution in [3.8, 4) is 0 Å². The lowest BCUT2D eigenvalue weighted by atomic mass is 10.2. The van der Waals surface area contributed by atoms with E-state index >= 15 is 0 Å². The third-order valence-electron chi connectivity index (χ3n) is 2.81. The molecule has 1 rings (SSSR count). The molecular weight excluding hydrogens is 254 g/mol. The molecular formula is C12H22ClN3S. The predicted octanol–water partition coefficient (Wildman–Crippen LogP) is 2.83. The van der Waals surface area contributed by atoms with E-state index in [2.05, 4.69) is 48.2 Å². The Morgan fingerprint density at radius 3 is 2.53 bits per heavy atom. The minimum atomic E-state index is 0.414. The van der Waals surface area contributed by atoms with E-state index in [0.29, 0.717) is 11.9 Å². The van der Waals surface area contributed by atoms with Gasteiger partial charge in [0.25, 0.3) is 0 Å². The summed E-state index contributed by atoms with van der Waals surface area (Å²) in [6, 6.07) is 0.414. The molecule has 0 radical (unpaired) electrons. The van der Waals surface area contributed by atoms with Crippen molar-refractivity contribution in [1.29, 1.82) is 0 Å². The molecule has 0 saturated carbocycles. The normalized spacial score (nSPS) is 13.6. The topological polar surface area (TPSA) is 19.4 Å². The smallest absolute Gasteiger partial charge is 0.110 e. The Morgan fingerprint density at radius 1 is 1.35 bits per heavy atom. The fourth-order valence-corrected chi connectivity index (χ4v) is 3.02. The molecule has 1 aromatic rings. The summed E-state index contributed by atoms with van der Waals surface area (Å²) in [5.74, 6) is 0.508. The molecule has 0 fully saturated rings. The lowest BCUT2D eigenvalue weighted by molar-refractivity contribution is 0.213. The van der Waals surface area contributed by atoms with Gasteiger partial charge in [-0.25, -0.2) is 4.98 Å². The van der Waals surface area contributed by atoms with Gasteiger partial charge in [-0.05, 0) is 27.6 Å². The van der Waals surface area contributed by atoms with Crippen LogP contribution in [-0.4, -0.2) is 49.0 Å². The van der Waals surface area contributed by atoms with Crippen LogP contribution in [0.25, 0.3) is 0 Å². The number of aromatic nitrogens is 1. The summed E-state index contributed by atoms with van der Waals surface area (Å²) in [4.78, 5) is 9.15. The van der Waals surface area contributed by atoms with Crippen LogP contribution in [0.1, 0.15) is 30.1 Å². The predicted molar refractivity (Wildman–Crippen MR) is 75.9 cm³/mol. The first-order chi connectivity index (χ1) is 8.08. The zero-order valence-corrected chi connectivity index (χ0v) is 12.7. The second-order valence-corrected chi connectivity index (χ2v) is 5.68. The Morgan fingerprint density at radius 2 is 2.06 bits per heavy atom. The first-order valence-electron chi connectivity index (χ1n) is 5.93. The fraction of sp³-hybridized carbons (Fsp3) is 0.750. The number of halogens is 1. The van der Waals surface area contributed by atoms with E-state index in [-0.39, 0.29) is 0 Å². The molecule has 1 unspecified atom stereocenters. The molecule has 0 aliphatic heterocycles. The van der Waals surface area contributed by atoms with E-state index in [1.54, 1.807) is 11.3 Å². The van der Waals surface area contributed by atoms with Crippen LogP contribution in [0.5, 0.6) is 0 Å². The first kappa shape index (κ1) is 14.9. The summed E-state index contributed by atoms with van der Waals surface area (Å²) in [6.45, 7) is 4.33. The zero-order chi connectivity index (χ0) is 12.8. The SMILES string of the molecule is CCC(c1nc(CCl)cs1)N(C)CCN(C)C. The van der Waals surface area contributed by atoms with Gasteiger partial charge in [0.05, 0.1) is 17.6 Å². The van der Waals surface area contributed by atoms with Gasteiger partial charge in [0.15, 0.2) is 0 Å². The van der Waals surface area contributed by atoms with Crippen LogP contribution in [0, 0.1) is 0 Å². The highest BCUT2D eigenvalue weighted by Crippen LogP contribution is 2.26. The van der Waals surface area contributed by atoms with E-state index in [0.717, 1.165) is 25.2 Å². The molecule has 1 aromatic heterocycles. The highest BCUT2D eigenvalue weighted by atomic mass is 35.5. The minimum absolute atomic E-state index is 0.414. The molecule has 3 nitrogen and oxygen atoms in total. The van der Waals surface area contributed by atoms with Crippen molar-refractivity contribution in [3.05, 3.63) is 16.1 Å². The van der Waals surface area contributed by atoms with Gasteiger partial charge in [-0.3, -0.25) is 4.90 Å². The van der Waals surface area contributed by atoms with E-state index in [1.807, 2.05) is 0 Å². The summed E-state index contributed by atoms with van der Waals surface area (Å²) < 4.78 is 0. The minimum Gasteiger partial charge on any atom is -0.308 e. The van der Waals surface area contributed by atoms with Gasteiger partial charge in [-0.2, -0.15) is 0 Å². The fourth-order valence-electron chi connectivity index (χ4n) is 1.73. The number of hydrogen-bond acceptors (Lipinski definition) is 4. The van der Waals surface area contributed by atoms with Gasteiger partial charge < -0.3 is 4.90 Å². The van der Waals surface area contributed by atoms with Crippen molar-refractivity contribution in [3.63, 3.8) is 0 Å². The van der Waals surface area contributed by atoms with E-state index < -0.39 is 0 Å². The van der Waals surface area contributed by atoms with Crippen LogP contribution >= 0.6 is 22.9 Å². The molecule has 0 amide bonds. The molecule has 0 bridgehead atoms. The van der Waals surface area contributed by atoms with Crippen LogP contribution in [0.3, 0.4) is 0 Å². The molecule has 1 atom stereocenters. The third kappa shape index (κ3) is 4.54. The number of likely N-dealkylation sites (N-methyl/N-ethyl adjacent to an activating group) is 2. The highest BCUT2D eigenvalue weighted by Gasteiger charge is 2.18. The van der Waals surface area contributed by atoms with E-state index in [1.165, 1.54) is 5.01 Å². The number of alkyl halides is 1. The van der Waals surface area contributed by atoms with Crippen LogP contribution in [-0.2, 0) is 5.88 Å². The van der Waals surface area contributed by atoms with Crippen molar-refractivity contribution in [2.75, 3.05) is 34.2 Å². The Kier molecular flexibility index (Phi) is 6.41. The first-order valence-corrected chi connectivity index (χ1v) is 7.35. The number of rotatable bonds is 7. The standard InChI is InChI=1S/C12H22ClN3S/c1-5-11(16(4)7-6-15(2)3)12-14-10(8-13)9-17-12/h9,11H,5-8H2,1-4H3. The lowest BCUT2D eigenvalue weighted by Gasteiger charge is -2.26. The second-order valence-electron chi connectivity index (χ2n) is 4.52. The van der Waals surface area contributed by atoms with Gasteiger partial charge in [0.1, 0.15) is 5.01 Å². The molecule has 98 valence electrons. The van der Waals surface area contributed by atoms with Crippen LogP contribution in [0.4, 0.5) is 0 Å². The molecule has 0 saturated heterocycles. The maximum atomic E-state index is 5.79. The van der Waals surface area contributed by atoms with Gasteiger partial charge in [0, 0.05) is 18.5 Å². The molecule has 5 heteroatoms. The van der Waals surface area contributed by atoms with Crippen molar-refractivity contribution in [2.45, 2.75) is 25.3 Å². The molecule has 0 aliphatic rings. The summed E-state index contributed by atoms with van der Waals surface area (Å²) in [5.41, 5.74) is 0.992. The highest BCUT2D eigenvalue weighted by molar-refractivity contribution is 7.09. The quantitative estimate of drug-likeness (QED) is 0.714. The van der Waals surface area contributed by atoms with Crippen molar-refractivity contribution >= 4 is 22.9 Å². The largest absolute Gasteiger partial charge is 0.308 e. The summed E-state index contributed by atoms with van der Waals surface area (Å²) in [6.07, 6.45) is 1.08. The number of hydrogen-bond donors (Lipinski definition) is 0. The molecule has 0 spiro atoms.